The van der Waals surface area contributed by atoms with Gasteiger partial charge in [0.25, 0.3) is 0 Å². The van der Waals surface area contributed by atoms with Crippen LogP contribution in [0.15, 0.2) is 90.1 Å². The predicted octanol–water partition coefficient (Wildman–Crippen LogP) is 5.09. The Kier molecular flexibility index (Phi) is 6.97. The maximum atomic E-state index is 13.5. The van der Waals surface area contributed by atoms with E-state index in [1.807, 2.05) is 53.1 Å². The molecule has 7 heteroatoms. The monoisotopic (exact) mass is 446 g/mol. The zero-order valence-corrected chi connectivity index (χ0v) is 18.4. The van der Waals surface area contributed by atoms with Gasteiger partial charge >= 0.3 is 0 Å². The predicted molar refractivity (Wildman–Crippen MR) is 125 cm³/mol. The second-order valence-electron chi connectivity index (χ2n) is 7.39. The molecule has 162 valence electrons. The van der Waals surface area contributed by atoms with Crippen molar-refractivity contribution in [3.8, 4) is 17.1 Å². The van der Waals surface area contributed by atoms with Crippen LogP contribution in [0, 0.1) is 5.82 Å². The summed E-state index contributed by atoms with van der Waals surface area (Å²) in [6, 6.07) is 25.9. The summed E-state index contributed by atoms with van der Waals surface area (Å²) < 4.78 is 15.3. The van der Waals surface area contributed by atoms with Gasteiger partial charge in [-0.3, -0.25) is 9.36 Å². The first kappa shape index (κ1) is 21.8. The molecule has 0 saturated carbocycles. The molecule has 1 aromatic heterocycles. The molecule has 0 aliphatic rings. The van der Waals surface area contributed by atoms with Crippen molar-refractivity contribution in [1.29, 1.82) is 0 Å². The van der Waals surface area contributed by atoms with E-state index in [0.717, 1.165) is 11.3 Å². The van der Waals surface area contributed by atoms with Crippen molar-refractivity contribution in [2.45, 2.75) is 18.0 Å². The van der Waals surface area contributed by atoms with Gasteiger partial charge in [-0.1, -0.05) is 79.3 Å². The van der Waals surface area contributed by atoms with Gasteiger partial charge in [-0.2, -0.15) is 0 Å². The van der Waals surface area contributed by atoms with E-state index in [4.69, 9.17) is 0 Å². The van der Waals surface area contributed by atoms with Crippen molar-refractivity contribution in [2.24, 2.45) is 0 Å². The Bertz CT molecular complexity index is 1160. The topological polar surface area (TPSA) is 59.8 Å². The van der Waals surface area contributed by atoms with Gasteiger partial charge in [0, 0.05) is 17.8 Å². The number of benzene rings is 3. The maximum Gasteiger partial charge on any atom is 0.230 e. The fraction of sp³-hybridized carbons (Fsp3) is 0.160. The lowest BCUT2D eigenvalue weighted by Gasteiger charge is -2.13. The number of thioether (sulfide) groups is 1. The van der Waals surface area contributed by atoms with E-state index in [2.05, 4.69) is 34.6 Å². The average Bonchev–Trinajstić information content (AvgIpc) is 3.27. The number of halogens is 1. The lowest BCUT2D eigenvalue weighted by Crippen LogP contribution is -2.29. The van der Waals surface area contributed by atoms with E-state index in [0.29, 0.717) is 17.5 Å². The van der Waals surface area contributed by atoms with E-state index in [9.17, 15) is 9.18 Å². The Morgan fingerprint density at radius 3 is 2.31 bits per heavy atom. The van der Waals surface area contributed by atoms with Gasteiger partial charge in [-0.15, -0.1) is 10.2 Å². The Balaban J connectivity index is 1.48. The number of hydrogen-bond donors (Lipinski definition) is 1. The molecule has 1 N–H and O–H groups in total. The highest BCUT2D eigenvalue weighted by atomic mass is 32.2. The molecule has 1 heterocycles. The number of carbonyl (C=O) groups is 1. The molecule has 0 bridgehead atoms. The summed E-state index contributed by atoms with van der Waals surface area (Å²) in [6.07, 6.45) is 0. The first-order chi connectivity index (χ1) is 15.6. The molecule has 4 aromatic rings. The van der Waals surface area contributed by atoms with Gasteiger partial charge in [-0.25, -0.2) is 4.39 Å². The van der Waals surface area contributed by atoms with Crippen LogP contribution in [0.5, 0.6) is 0 Å². The van der Waals surface area contributed by atoms with Crippen LogP contribution in [0.25, 0.3) is 17.1 Å². The van der Waals surface area contributed by atoms with Crippen LogP contribution in [0.1, 0.15) is 18.4 Å². The molecule has 0 aliphatic carbocycles. The quantitative estimate of drug-likeness (QED) is 0.383. The molecule has 0 fully saturated rings. The van der Waals surface area contributed by atoms with E-state index in [1.165, 1.54) is 29.5 Å². The SMILES string of the molecule is CC(CNC(=O)CSc1nnc(-c2ccccc2)n1-c1ccc(F)cc1)c1ccccc1. The lowest BCUT2D eigenvalue weighted by molar-refractivity contribution is -0.118. The van der Waals surface area contributed by atoms with E-state index in [1.54, 1.807) is 12.1 Å². The van der Waals surface area contributed by atoms with Crippen LogP contribution in [0.4, 0.5) is 4.39 Å². The van der Waals surface area contributed by atoms with Gasteiger partial charge in [0.05, 0.1) is 5.75 Å². The van der Waals surface area contributed by atoms with Gasteiger partial charge in [0.2, 0.25) is 5.91 Å². The number of amides is 1. The summed E-state index contributed by atoms with van der Waals surface area (Å²) in [5, 5.41) is 12.2. The highest BCUT2D eigenvalue weighted by Crippen LogP contribution is 2.28. The third-order valence-electron chi connectivity index (χ3n) is 5.06. The molecule has 3 aromatic carbocycles. The van der Waals surface area contributed by atoms with Gasteiger partial charge in [0.15, 0.2) is 11.0 Å². The molecular weight excluding hydrogens is 423 g/mol. The molecule has 5 nitrogen and oxygen atoms in total. The van der Waals surface area contributed by atoms with Crippen molar-refractivity contribution >= 4 is 17.7 Å². The van der Waals surface area contributed by atoms with Crippen LogP contribution >= 0.6 is 11.8 Å². The first-order valence-electron chi connectivity index (χ1n) is 10.3. The van der Waals surface area contributed by atoms with E-state index >= 15 is 0 Å². The largest absolute Gasteiger partial charge is 0.355 e. The minimum absolute atomic E-state index is 0.0762. The molecule has 1 unspecified atom stereocenters. The Labute approximate surface area is 190 Å². The summed E-state index contributed by atoms with van der Waals surface area (Å²) in [6.45, 7) is 2.64. The summed E-state index contributed by atoms with van der Waals surface area (Å²) >= 11 is 1.30. The highest BCUT2D eigenvalue weighted by molar-refractivity contribution is 7.99. The van der Waals surface area contributed by atoms with Crippen LogP contribution in [0.2, 0.25) is 0 Å². The van der Waals surface area contributed by atoms with Crippen LogP contribution in [-0.2, 0) is 4.79 Å². The zero-order valence-electron chi connectivity index (χ0n) is 17.6. The second kappa shape index (κ2) is 10.2. The van der Waals surface area contributed by atoms with Crippen molar-refractivity contribution in [1.82, 2.24) is 20.1 Å². The second-order valence-corrected chi connectivity index (χ2v) is 8.33. The molecule has 1 atom stereocenters. The normalized spacial score (nSPS) is 11.8. The number of nitrogens with zero attached hydrogens (tertiary/aromatic N) is 3. The van der Waals surface area contributed by atoms with Crippen LogP contribution in [0.3, 0.4) is 0 Å². The standard InChI is InChI=1S/C25H23FN4OS/c1-18(19-8-4-2-5-9-19)16-27-23(31)17-32-25-29-28-24(20-10-6-3-7-11-20)30(25)22-14-12-21(26)13-15-22/h2-15,18H,16-17H2,1H3,(H,27,31). The first-order valence-corrected chi connectivity index (χ1v) is 11.3. The fourth-order valence-electron chi connectivity index (χ4n) is 3.31. The molecule has 4 rings (SSSR count). The third kappa shape index (κ3) is 5.23. The zero-order chi connectivity index (χ0) is 22.3. The van der Waals surface area contributed by atoms with Gasteiger partial charge < -0.3 is 5.32 Å². The van der Waals surface area contributed by atoms with Gasteiger partial charge in [0.1, 0.15) is 5.82 Å². The number of hydrogen-bond acceptors (Lipinski definition) is 4. The molecule has 0 aliphatic heterocycles. The minimum Gasteiger partial charge on any atom is -0.355 e. The number of rotatable bonds is 8. The fourth-order valence-corrected chi connectivity index (χ4v) is 4.09. The van der Waals surface area contributed by atoms with Crippen molar-refractivity contribution in [3.63, 3.8) is 0 Å². The van der Waals surface area contributed by atoms with Crippen molar-refractivity contribution in [3.05, 3.63) is 96.3 Å². The van der Waals surface area contributed by atoms with E-state index < -0.39 is 0 Å². The summed E-state index contributed by atoms with van der Waals surface area (Å²) in [5.41, 5.74) is 2.80. The molecule has 32 heavy (non-hydrogen) atoms. The number of aromatic nitrogens is 3. The summed E-state index contributed by atoms with van der Waals surface area (Å²) in [4.78, 5) is 12.5. The Morgan fingerprint density at radius 1 is 0.969 bits per heavy atom. The van der Waals surface area contributed by atoms with Crippen LogP contribution < -0.4 is 5.32 Å². The molecule has 0 radical (unpaired) electrons. The smallest absolute Gasteiger partial charge is 0.230 e. The minimum atomic E-state index is -0.316. The Hall–Kier alpha value is -3.45. The molecule has 1 amide bonds. The molecular formula is C25H23FN4OS. The Morgan fingerprint density at radius 2 is 1.62 bits per heavy atom. The number of nitrogens with one attached hydrogen (secondary N) is 1. The van der Waals surface area contributed by atoms with Crippen molar-refractivity contribution < 1.29 is 9.18 Å². The van der Waals surface area contributed by atoms with E-state index in [-0.39, 0.29) is 23.4 Å². The summed E-state index contributed by atoms with van der Waals surface area (Å²) in [5.74, 6) is 0.669. The highest BCUT2D eigenvalue weighted by Gasteiger charge is 2.17. The summed E-state index contributed by atoms with van der Waals surface area (Å²) in [7, 11) is 0. The maximum absolute atomic E-state index is 13.5. The van der Waals surface area contributed by atoms with Crippen LogP contribution in [-0.4, -0.2) is 33.0 Å². The number of carbonyl (C=O) groups excluding carboxylic acids is 1. The molecule has 0 spiro atoms. The average molecular weight is 447 g/mol. The lowest BCUT2D eigenvalue weighted by atomic mass is 10.0. The molecule has 0 saturated heterocycles. The van der Waals surface area contributed by atoms with Crippen molar-refractivity contribution in [2.75, 3.05) is 12.3 Å². The third-order valence-corrected chi connectivity index (χ3v) is 5.99. The van der Waals surface area contributed by atoms with Gasteiger partial charge in [-0.05, 0) is 35.7 Å².